The Balaban J connectivity index is 1.73. The second-order valence-electron chi connectivity index (χ2n) is 9.83. The number of unbranched alkanes of at least 4 members (excludes halogenated alkanes) is 12. The van der Waals surface area contributed by atoms with Gasteiger partial charge in [-0.15, -0.1) is 0 Å². The van der Waals surface area contributed by atoms with Crippen molar-refractivity contribution in [2.75, 3.05) is 0 Å². The lowest BCUT2D eigenvalue weighted by molar-refractivity contribution is 0.544. The van der Waals surface area contributed by atoms with Crippen molar-refractivity contribution in [1.29, 1.82) is 0 Å². The van der Waals surface area contributed by atoms with Crippen molar-refractivity contribution in [2.45, 2.75) is 117 Å². The normalized spacial score (nSPS) is 11.4. The highest BCUT2D eigenvalue weighted by Gasteiger charge is 2.04. The first-order chi connectivity index (χ1) is 16.7. The van der Waals surface area contributed by atoms with Crippen molar-refractivity contribution in [3.8, 4) is 0 Å². The summed E-state index contributed by atoms with van der Waals surface area (Å²) in [6, 6.07) is 17.3. The van der Waals surface area contributed by atoms with E-state index in [0.717, 1.165) is 10.4 Å². The molecule has 0 amide bonds. The van der Waals surface area contributed by atoms with Crippen LogP contribution >= 0.6 is 12.2 Å². The van der Waals surface area contributed by atoms with Gasteiger partial charge < -0.3 is 0 Å². The fourth-order valence-electron chi connectivity index (χ4n) is 4.62. The van der Waals surface area contributed by atoms with E-state index in [9.17, 15) is 0 Å². The summed E-state index contributed by atoms with van der Waals surface area (Å²) >= 11 is 5.60. The van der Waals surface area contributed by atoms with Gasteiger partial charge in [-0.05, 0) is 54.0 Å². The topological polar surface area (TPSA) is 0 Å². The van der Waals surface area contributed by atoms with Gasteiger partial charge in [-0.3, -0.25) is 0 Å². The minimum Gasteiger partial charge on any atom is -0.0795 e. The predicted octanol–water partition coefficient (Wildman–Crippen LogP) is 10.7. The summed E-state index contributed by atoms with van der Waals surface area (Å²) in [5.41, 5.74) is 5.48. The summed E-state index contributed by atoms with van der Waals surface area (Å²) in [6.45, 7) is 4.58. The van der Waals surface area contributed by atoms with Gasteiger partial charge in [0, 0.05) is 4.86 Å². The average Bonchev–Trinajstić information content (AvgIpc) is 2.87. The molecule has 0 aliphatic heterocycles. The van der Waals surface area contributed by atoms with Gasteiger partial charge in [-0.2, -0.15) is 0 Å². The highest BCUT2D eigenvalue weighted by atomic mass is 32.1. The predicted molar refractivity (Wildman–Crippen MR) is 157 cm³/mol. The molecule has 0 N–H and O–H groups in total. The van der Waals surface area contributed by atoms with E-state index in [-0.39, 0.29) is 0 Å². The van der Waals surface area contributed by atoms with E-state index in [4.69, 9.17) is 12.2 Å². The van der Waals surface area contributed by atoms with Gasteiger partial charge in [0.25, 0.3) is 0 Å². The molecular formula is C33H48S. The molecule has 0 spiro atoms. The van der Waals surface area contributed by atoms with E-state index >= 15 is 0 Å². The fourth-order valence-corrected chi connectivity index (χ4v) is 4.82. The van der Waals surface area contributed by atoms with Crippen LogP contribution < -0.4 is 0 Å². The quantitative estimate of drug-likeness (QED) is 0.0840. The smallest absolute Gasteiger partial charge is 0.0449 e. The SMILES string of the molecule is CCCCCCCCCCCCCCc1ccc(C=CC(=S)c2ccccc2)cc1CCCC. The molecule has 0 saturated heterocycles. The highest BCUT2D eigenvalue weighted by molar-refractivity contribution is 7.81. The van der Waals surface area contributed by atoms with Crippen molar-refractivity contribution < 1.29 is 0 Å². The van der Waals surface area contributed by atoms with Crippen LogP contribution in [-0.2, 0) is 12.8 Å². The second-order valence-corrected chi connectivity index (χ2v) is 10.3. The molecule has 0 aliphatic carbocycles. The molecule has 2 aromatic carbocycles. The van der Waals surface area contributed by atoms with Crippen molar-refractivity contribution >= 4 is 23.2 Å². The molecule has 34 heavy (non-hydrogen) atoms. The maximum atomic E-state index is 5.60. The lowest BCUT2D eigenvalue weighted by atomic mass is 9.95. The van der Waals surface area contributed by atoms with Crippen LogP contribution in [0.4, 0.5) is 0 Å². The summed E-state index contributed by atoms with van der Waals surface area (Å²) < 4.78 is 0. The number of hydrogen-bond donors (Lipinski definition) is 0. The van der Waals surface area contributed by atoms with Gasteiger partial charge in [0.2, 0.25) is 0 Å². The van der Waals surface area contributed by atoms with Gasteiger partial charge >= 0.3 is 0 Å². The zero-order chi connectivity index (χ0) is 24.3. The Hall–Kier alpha value is -1.73. The first-order valence-electron chi connectivity index (χ1n) is 14.1. The van der Waals surface area contributed by atoms with Crippen LogP contribution in [0.5, 0.6) is 0 Å². The summed E-state index contributed by atoms with van der Waals surface area (Å²) in [4.78, 5) is 0.899. The van der Waals surface area contributed by atoms with Gasteiger partial charge in [0.1, 0.15) is 0 Å². The number of aryl methyl sites for hydroxylation is 2. The van der Waals surface area contributed by atoms with E-state index < -0.39 is 0 Å². The third kappa shape index (κ3) is 12.1. The average molecular weight is 477 g/mol. The summed E-state index contributed by atoms with van der Waals surface area (Å²) in [7, 11) is 0. The van der Waals surface area contributed by atoms with E-state index in [1.807, 2.05) is 18.2 Å². The van der Waals surface area contributed by atoms with E-state index in [1.165, 1.54) is 114 Å². The molecule has 0 bridgehead atoms. The molecule has 0 aromatic heterocycles. The maximum Gasteiger partial charge on any atom is 0.0449 e. The highest BCUT2D eigenvalue weighted by Crippen LogP contribution is 2.20. The Morgan fingerprint density at radius 1 is 0.618 bits per heavy atom. The van der Waals surface area contributed by atoms with Crippen LogP contribution in [0.3, 0.4) is 0 Å². The third-order valence-corrected chi connectivity index (χ3v) is 7.19. The van der Waals surface area contributed by atoms with Gasteiger partial charge in [-0.1, -0.05) is 158 Å². The molecule has 0 heterocycles. The summed E-state index contributed by atoms with van der Waals surface area (Å²) in [6.07, 6.45) is 26.1. The molecular weight excluding hydrogens is 428 g/mol. The van der Waals surface area contributed by atoms with E-state index in [1.54, 1.807) is 5.56 Å². The van der Waals surface area contributed by atoms with E-state index in [2.05, 4.69) is 56.3 Å². The Morgan fingerprint density at radius 2 is 1.18 bits per heavy atom. The minimum absolute atomic E-state index is 0.899. The molecule has 0 fully saturated rings. The van der Waals surface area contributed by atoms with Crippen molar-refractivity contribution in [3.63, 3.8) is 0 Å². The maximum absolute atomic E-state index is 5.60. The monoisotopic (exact) mass is 476 g/mol. The number of rotatable bonds is 19. The molecule has 2 rings (SSSR count). The van der Waals surface area contributed by atoms with Crippen LogP contribution in [0.25, 0.3) is 6.08 Å². The zero-order valence-corrected chi connectivity index (χ0v) is 22.8. The Labute approximate surface area is 216 Å². The van der Waals surface area contributed by atoms with Crippen LogP contribution in [-0.4, -0.2) is 4.86 Å². The van der Waals surface area contributed by atoms with Crippen LogP contribution in [0, 0.1) is 0 Å². The standard InChI is InChI=1S/C33H48S/c1-3-5-7-8-9-10-11-12-13-14-15-17-21-30-26-24-29(28-32(30)20-6-4-2)25-27-33(34)31-22-18-16-19-23-31/h16,18-19,22-28H,3-15,17,20-21H2,1-2H3. The van der Waals surface area contributed by atoms with E-state index in [0.29, 0.717) is 0 Å². The molecule has 0 radical (unpaired) electrons. The number of hydrogen-bond acceptors (Lipinski definition) is 1. The Morgan fingerprint density at radius 3 is 1.79 bits per heavy atom. The van der Waals surface area contributed by atoms with Gasteiger partial charge in [0.15, 0.2) is 0 Å². The molecule has 0 aliphatic rings. The fraction of sp³-hybridized carbons (Fsp3) is 0.545. The summed E-state index contributed by atoms with van der Waals surface area (Å²) in [5, 5.41) is 0. The number of benzene rings is 2. The van der Waals surface area contributed by atoms with Crippen molar-refractivity contribution in [2.24, 2.45) is 0 Å². The number of allylic oxidation sites excluding steroid dienone is 1. The first kappa shape index (κ1) is 28.5. The lowest BCUT2D eigenvalue weighted by Crippen LogP contribution is -1.97. The molecule has 0 saturated carbocycles. The Bertz CT molecular complexity index is 818. The van der Waals surface area contributed by atoms with Crippen molar-refractivity contribution in [1.82, 2.24) is 0 Å². The third-order valence-electron chi connectivity index (χ3n) is 6.82. The minimum atomic E-state index is 0.899. The van der Waals surface area contributed by atoms with Crippen molar-refractivity contribution in [3.05, 3.63) is 76.9 Å². The molecule has 0 unspecified atom stereocenters. The van der Waals surface area contributed by atoms with Gasteiger partial charge in [0.05, 0.1) is 0 Å². The first-order valence-corrected chi connectivity index (χ1v) is 14.5. The van der Waals surface area contributed by atoms with Crippen LogP contribution in [0.15, 0.2) is 54.6 Å². The zero-order valence-electron chi connectivity index (χ0n) is 22.0. The molecule has 2 aromatic rings. The largest absolute Gasteiger partial charge is 0.0795 e. The van der Waals surface area contributed by atoms with Gasteiger partial charge in [-0.25, -0.2) is 0 Å². The summed E-state index contributed by atoms with van der Waals surface area (Å²) in [5.74, 6) is 0. The molecule has 0 nitrogen and oxygen atoms in total. The second kappa shape index (κ2) is 18.6. The lowest BCUT2D eigenvalue weighted by Gasteiger charge is -2.11. The molecule has 0 atom stereocenters. The molecule has 1 heteroatoms. The van der Waals surface area contributed by atoms with Crippen LogP contribution in [0.1, 0.15) is 126 Å². The number of thiocarbonyl (C=S) groups is 1. The molecule has 186 valence electrons. The Kier molecular flexibility index (Phi) is 15.6. The van der Waals surface area contributed by atoms with Crippen LogP contribution in [0.2, 0.25) is 0 Å².